The number of ether oxygens (including phenoxy) is 1. The molecular weight excluding hydrogens is 508 g/mol. The third-order valence-corrected chi connectivity index (χ3v) is 4.62. The molecule has 2 heterocycles. The second kappa shape index (κ2) is 24.3. The molecule has 1 aliphatic carbocycles. The van der Waals surface area contributed by atoms with Crippen molar-refractivity contribution in [2.75, 3.05) is 45.4 Å². The van der Waals surface area contributed by atoms with Gasteiger partial charge in [-0.2, -0.15) is 0 Å². The fourth-order valence-corrected chi connectivity index (χ4v) is 2.86. The van der Waals surface area contributed by atoms with Gasteiger partial charge >= 0.3 is 0 Å². The molecule has 0 spiro atoms. The van der Waals surface area contributed by atoms with Crippen LogP contribution >= 0.6 is 0 Å². The van der Waals surface area contributed by atoms with Crippen molar-refractivity contribution < 1.29 is 24.1 Å². The predicted octanol–water partition coefficient (Wildman–Crippen LogP) is 4.80. The minimum absolute atomic E-state index is 0.0515. The minimum atomic E-state index is -0.592. The third kappa shape index (κ3) is 15.6. The Morgan fingerprint density at radius 1 is 1.12 bits per heavy atom. The molecule has 9 nitrogen and oxygen atoms in total. The number of rotatable bonds is 9. The molecule has 0 amide bonds. The van der Waals surface area contributed by atoms with Crippen molar-refractivity contribution in [1.29, 1.82) is 0 Å². The zero-order chi connectivity index (χ0) is 30.9. The van der Waals surface area contributed by atoms with Gasteiger partial charge in [0.2, 0.25) is 5.78 Å². The van der Waals surface area contributed by atoms with Crippen molar-refractivity contribution in [1.82, 2.24) is 9.97 Å². The Balaban J connectivity index is 0. The fourth-order valence-electron chi connectivity index (χ4n) is 2.86. The van der Waals surface area contributed by atoms with Crippen molar-refractivity contribution in [2.45, 2.75) is 54.9 Å². The van der Waals surface area contributed by atoms with E-state index in [1.165, 1.54) is 14.2 Å². The van der Waals surface area contributed by atoms with E-state index in [2.05, 4.69) is 31.6 Å². The zero-order valence-corrected chi connectivity index (χ0v) is 25.5. The van der Waals surface area contributed by atoms with Crippen LogP contribution in [0.5, 0.6) is 0 Å². The lowest BCUT2D eigenvalue weighted by Gasteiger charge is -2.28. The molecule has 1 aromatic rings. The molecule has 1 fully saturated rings. The van der Waals surface area contributed by atoms with Gasteiger partial charge in [-0.25, -0.2) is 19.7 Å². The number of aromatic nitrogens is 2. The van der Waals surface area contributed by atoms with Gasteiger partial charge in [0.05, 0.1) is 33.9 Å². The third-order valence-electron chi connectivity index (χ3n) is 4.62. The second-order valence-electron chi connectivity index (χ2n) is 7.06. The SMILES string of the molecule is C#CC(=O)CC(=O)c1cc(N2CCOCC2)nc(/C=C(N)/C(/C=C\C)=C/C2C#C2)n1.CC.CC.CC.COOC. The molecule has 0 aromatic carbocycles. The van der Waals surface area contributed by atoms with Crippen LogP contribution in [-0.4, -0.2) is 62.1 Å². The standard InChI is InChI=1S/C23H22N4O3.C2H6O2.3C2H6/c1-3-5-17(12-16-6-7-16)19(24)14-22-25-20(21(29)13-18(28)4-2)15-23(26-22)27-8-10-30-11-9-27;1-3-4-2;3*1-2/h2-3,5,12,14-16H,8-11,13,24H2,1H3;1-2H3;3*1-2H3/b5-3-,17-12+,19-14-;;;;. The highest BCUT2D eigenvalue weighted by Gasteiger charge is 2.19. The summed E-state index contributed by atoms with van der Waals surface area (Å²) in [7, 11) is 2.92. The molecular formula is C31H46N4O5. The number of nitrogens with zero attached hydrogens (tertiary/aromatic N) is 3. The number of morpholine rings is 1. The molecule has 2 N–H and O–H groups in total. The van der Waals surface area contributed by atoms with Crippen LogP contribution in [0.4, 0.5) is 5.82 Å². The largest absolute Gasteiger partial charge is 0.398 e. The maximum absolute atomic E-state index is 12.5. The first-order valence-electron chi connectivity index (χ1n) is 13.6. The number of anilines is 1. The van der Waals surface area contributed by atoms with E-state index in [0.29, 0.717) is 37.8 Å². The van der Waals surface area contributed by atoms with Crippen LogP contribution in [0.1, 0.15) is 71.2 Å². The Kier molecular flexibility index (Phi) is 23.3. The Labute approximate surface area is 240 Å². The highest BCUT2D eigenvalue weighted by Crippen LogP contribution is 2.20. The van der Waals surface area contributed by atoms with E-state index in [9.17, 15) is 9.59 Å². The van der Waals surface area contributed by atoms with E-state index in [1.807, 2.05) is 77.5 Å². The molecule has 1 aromatic heterocycles. The Bertz CT molecular complexity index is 1080. The van der Waals surface area contributed by atoms with Gasteiger partial charge in [0, 0.05) is 30.9 Å². The average Bonchev–Trinajstić information content (AvgIpc) is 3.84. The molecule has 2 aliphatic rings. The summed E-state index contributed by atoms with van der Waals surface area (Å²) in [5, 5.41) is 0. The number of allylic oxidation sites excluding steroid dienone is 3. The van der Waals surface area contributed by atoms with Crippen LogP contribution in [0.15, 0.2) is 35.6 Å². The molecule has 220 valence electrons. The van der Waals surface area contributed by atoms with Gasteiger partial charge in [-0.05, 0) is 24.5 Å². The van der Waals surface area contributed by atoms with Crippen LogP contribution < -0.4 is 10.6 Å². The Morgan fingerprint density at radius 2 is 1.70 bits per heavy atom. The molecule has 40 heavy (non-hydrogen) atoms. The lowest BCUT2D eigenvalue weighted by atomic mass is 10.1. The summed E-state index contributed by atoms with van der Waals surface area (Å²) in [6.45, 7) is 16.3. The maximum atomic E-state index is 12.5. The zero-order valence-electron chi connectivity index (χ0n) is 25.5. The number of terminal acetylenes is 1. The summed E-state index contributed by atoms with van der Waals surface area (Å²) in [5.74, 6) is 7.72. The van der Waals surface area contributed by atoms with E-state index in [4.69, 9.17) is 16.9 Å². The van der Waals surface area contributed by atoms with Crippen LogP contribution in [0.25, 0.3) is 6.08 Å². The van der Waals surface area contributed by atoms with Crippen molar-refractivity contribution in [2.24, 2.45) is 11.7 Å². The maximum Gasteiger partial charge on any atom is 0.213 e. The molecule has 1 aliphatic heterocycles. The summed E-state index contributed by atoms with van der Waals surface area (Å²) in [5.41, 5.74) is 7.63. The van der Waals surface area contributed by atoms with Crippen molar-refractivity contribution in [3.05, 3.63) is 47.1 Å². The molecule has 9 heteroatoms. The lowest BCUT2D eigenvalue weighted by molar-refractivity contribution is -0.248. The highest BCUT2D eigenvalue weighted by molar-refractivity contribution is 6.12. The monoisotopic (exact) mass is 554 g/mol. The summed E-state index contributed by atoms with van der Waals surface area (Å²) >= 11 is 0. The molecule has 3 rings (SSSR count). The Hall–Kier alpha value is -3.76. The van der Waals surface area contributed by atoms with Gasteiger partial charge in [0.25, 0.3) is 0 Å². The van der Waals surface area contributed by atoms with Crippen molar-refractivity contribution >= 4 is 23.5 Å². The molecule has 1 saturated heterocycles. The van der Waals surface area contributed by atoms with E-state index in [0.717, 1.165) is 5.57 Å². The first kappa shape index (κ1) is 38.4. The smallest absolute Gasteiger partial charge is 0.213 e. The molecule has 0 bridgehead atoms. The molecule has 0 saturated carbocycles. The van der Waals surface area contributed by atoms with E-state index >= 15 is 0 Å². The van der Waals surface area contributed by atoms with Gasteiger partial charge in [0.15, 0.2) is 11.6 Å². The van der Waals surface area contributed by atoms with Crippen LogP contribution in [-0.2, 0) is 19.3 Å². The van der Waals surface area contributed by atoms with E-state index in [-0.39, 0.29) is 17.4 Å². The fraction of sp³-hybridized carbons (Fsp3) is 0.484. The number of Topliss-reactive ketones (excluding diaryl/α,β-unsaturated/α-hetero) is 2. The number of nitrogens with two attached hydrogens (primary N) is 1. The minimum Gasteiger partial charge on any atom is -0.398 e. The van der Waals surface area contributed by atoms with Gasteiger partial charge < -0.3 is 15.4 Å². The van der Waals surface area contributed by atoms with Crippen LogP contribution in [0, 0.1) is 30.1 Å². The number of hydrogen-bond acceptors (Lipinski definition) is 9. The highest BCUT2D eigenvalue weighted by atomic mass is 17.2. The summed E-state index contributed by atoms with van der Waals surface area (Å²) in [4.78, 5) is 43.0. The normalized spacial score (nSPS) is 13.8. The van der Waals surface area contributed by atoms with E-state index < -0.39 is 18.0 Å². The molecule has 0 radical (unpaired) electrons. The topological polar surface area (TPSA) is 117 Å². The van der Waals surface area contributed by atoms with Crippen LogP contribution in [0.3, 0.4) is 0 Å². The van der Waals surface area contributed by atoms with Gasteiger partial charge in [0.1, 0.15) is 17.4 Å². The van der Waals surface area contributed by atoms with E-state index in [1.54, 1.807) is 12.1 Å². The Morgan fingerprint density at radius 3 is 2.17 bits per heavy atom. The number of ketones is 2. The molecule has 0 atom stereocenters. The second-order valence-corrected chi connectivity index (χ2v) is 7.06. The summed E-state index contributed by atoms with van der Waals surface area (Å²) < 4.78 is 5.38. The summed E-state index contributed by atoms with van der Waals surface area (Å²) in [6.07, 6.45) is 12.0. The summed E-state index contributed by atoms with van der Waals surface area (Å²) in [6, 6.07) is 1.58. The first-order chi connectivity index (χ1) is 19.4. The average molecular weight is 555 g/mol. The van der Waals surface area contributed by atoms with Crippen molar-refractivity contribution in [3.63, 3.8) is 0 Å². The predicted molar refractivity (Wildman–Crippen MR) is 162 cm³/mol. The number of carbonyl (C=O) groups is 2. The van der Waals surface area contributed by atoms with Gasteiger partial charge in [-0.1, -0.05) is 65.5 Å². The molecule has 0 unspecified atom stereocenters. The number of carbonyl (C=O) groups excluding carboxylic acids is 2. The quantitative estimate of drug-likeness (QED) is 0.0874. The van der Waals surface area contributed by atoms with Crippen molar-refractivity contribution in [3.8, 4) is 24.2 Å². The van der Waals surface area contributed by atoms with Gasteiger partial charge in [-0.15, -0.1) is 6.42 Å². The number of hydrogen-bond donors (Lipinski definition) is 1. The van der Waals surface area contributed by atoms with Crippen LogP contribution in [0.2, 0.25) is 0 Å². The van der Waals surface area contributed by atoms with Gasteiger partial charge in [-0.3, -0.25) is 9.59 Å². The lowest BCUT2D eigenvalue weighted by Crippen LogP contribution is -2.37. The first-order valence-corrected chi connectivity index (χ1v) is 13.6.